The van der Waals surface area contributed by atoms with E-state index in [9.17, 15) is 0 Å². The number of hydrogen-bond donors (Lipinski definition) is 0. The lowest BCUT2D eigenvalue weighted by atomic mass is 10.0. The number of benzene rings is 2. The van der Waals surface area contributed by atoms with Crippen LogP contribution >= 0.6 is 0 Å². The van der Waals surface area contributed by atoms with Crippen molar-refractivity contribution in [3.05, 3.63) is 150 Å². The molecule has 0 aliphatic carbocycles. The minimum absolute atomic E-state index is 0.773. The molecule has 2 aromatic carbocycles. The summed E-state index contributed by atoms with van der Waals surface area (Å²) >= 11 is 0. The third-order valence-electron chi connectivity index (χ3n) is 7.44. The van der Waals surface area contributed by atoms with E-state index in [1.807, 2.05) is 37.2 Å². The molecule has 5 aromatic heterocycles. The Labute approximate surface area is 232 Å². The van der Waals surface area contributed by atoms with Crippen molar-refractivity contribution in [2.45, 2.75) is 19.8 Å². The molecular weight excluding hydrogens is 490 g/mol. The van der Waals surface area contributed by atoms with Gasteiger partial charge in [-0.05, 0) is 54.4 Å². The molecule has 192 valence electrons. The van der Waals surface area contributed by atoms with Gasteiger partial charge in [0.15, 0.2) is 0 Å². The van der Waals surface area contributed by atoms with E-state index in [1.165, 1.54) is 16.7 Å². The highest BCUT2D eigenvalue weighted by Gasteiger charge is 2.12. The van der Waals surface area contributed by atoms with Crippen LogP contribution in [0.15, 0.2) is 122 Å². The lowest BCUT2D eigenvalue weighted by molar-refractivity contribution is 1.06. The molecule has 40 heavy (non-hydrogen) atoms. The fourth-order valence-corrected chi connectivity index (χ4v) is 5.27. The van der Waals surface area contributed by atoms with E-state index in [-0.39, 0.29) is 0 Å². The van der Waals surface area contributed by atoms with Gasteiger partial charge < -0.3 is 4.57 Å². The van der Waals surface area contributed by atoms with E-state index in [0.717, 1.165) is 62.8 Å². The first-order valence-corrected chi connectivity index (χ1v) is 13.4. The van der Waals surface area contributed by atoms with Crippen LogP contribution in [0.2, 0.25) is 0 Å². The van der Waals surface area contributed by atoms with Crippen LogP contribution < -0.4 is 0 Å². The van der Waals surface area contributed by atoms with E-state index in [2.05, 4.69) is 106 Å². The Hall–Kier alpha value is -5.16. The summed E-state index contributed by atoms with van der Waals surface area (Å²) in [6.07, 6.45) is 13.0. The number of pyridine rings is 4. The maximum absolute atomic E-state index is 4.76. The minimum atomic E-state index is 0.773. The van der Waals surface area contributed by atoms with Crippen molar-refractivity contribution in [3.63, 3.8) is 0 Å². The molecule has 0 fully saturated rings. The summed E-state index contributed by atoms with van der Waals surface area (Å²) in [6, 6.07) is 29.9. The van der Waals surface area contributed by atoms with Crippen molar-refractivity contribution in [1.29, 1.82) is 0 Å². The van der Waals surface area contributed by atoms with Gasteiger partial charge in [0.25, 0.3) is 0 Å². The van der Waals surface area contributed by atoms with Gasteiger partial charge in [0, 0.05) is 89.0 Å². The van der Waals surface area contributed by atoms with Crippen LogP contribution in [0.4, 0.5) is 0 Å². The fourth-order valence-electron chi connectivity index (χ4n) is 5.27. The van der Waals surface area contributed by atoms with Gasteiger partial charge in [-0.1, -0.05) is 54.1 Å². The van der Waals surface area contributed by atoms with Crippen molar-refractivity contribution in [3.8, 4) is 16.8 Å². The first-order valence-electron chi connectivity index (χ1n) is 13.4. The van der Waals surface area contributed by atoms with E-state index in [0.29, 0.717) is 0 Å². The molecular formula is C35H27N5. The van der Waals surface area contributed by atoms with Crippen LogP contribution in [0.5, 0.6) is 0 Å². The molecule has 7 rings (SSSR count). The standard InChI is InChI=1S/C35H27N5/c1-24-2-4-25(5-3-24)18-29-10-8-27(20-38-29)28-9-11-30(39-21-28)19-26-6-12-31(13-7-26)40-34-14-16-36-22-32(34)33-23-37-17-15-35(33)40/h2-17,20-23H,18-19H2,1H3. The Morgan fingerprint density at radius 2 is 1.02 bits per heavy atom. The number of rotatable bonds is 6. The van der Waals surface area contributed by atoms with E-state index >= 15 is 0 Å². The molecule has 0 aliphatic rings. The van der Waals surface area contributed by atoms with Crippen molar-refractivity contribution in [1.82, 2.24) is 24.5 Å². The number of hydrogen-bond acceptors (Lipinski definition) is 4. The molecule has 0 bridgehead atoms. The molecule has 0 spiro atoms. The van der Waals surface area contributed by atoms with Gasteiger partial charge in [0.05, 0.1) is 11.0 Å². The maximum Gasteiger partial charge on any atom is 0.0572 e. The lowest BCUT2D eigenvalue weighted by Crippen LogP contribution is -1.96. The molecule has 0 saturated carbocycles. The lowest BCUT2D eigenvalue weighted by Gasteiger charge is -2.09. The molecule has 5 heterocycles. The summed E-state index contributed by atoms with van der Waals surface area (Å²) in [5, 5.41) is 2.21. The van der Waals surface area contributed by atoms with E-state index in [1.54, 1.807) is 0 Å². The Morgan fingerprint density at radius 1 is 0.525 bits per heavy atom. The predicted molar refractivity (Wildman–Crippen MR) is 161 cm³/mol. The molecule has 5 heteroatoms. The highest BCUT2D eigenvalue weighted by molar-refractivity contribution is 6.08. The fraction of sp³-hybridized carbons (Fsp3) is 0.0857. The summed E-state index contributed by atoms with van der Waals surface area (Å²) in [7, 11) is 0. The number of aromatic nitrogens is 5. The van der Waals surface area contributed by atoms with Gasteiger partial charge in [-0.3, -0.25) is 19.9 Å². The van der Waals surface area contributed by atoms with Crippen LogP contribution in [0.25, 0.3) is 38.6 Å². The molecule has 0 saturated heterocycles. The number of aryl methyl sites for hydroxylation is 1. The molecule has 0 aliphatic heterocycles. The first-order chi connectivity index (χ1) is 19.7. The van der Waals surface area contributed by atoms with Crippen LogP contribution in [-0.2, 0) is 12.8 Å². The molecule has 0 N–H and O–H groups in total. The largest absolute Gasteiger partial charge is 0.309 e. The quantitative estimate of drug-likeness (QED) is 0.229. The highest BCUT2D eigenvalue weighted by Crippen LogP contribution is 2.31. The van der Waals surface area contributed by atoms with Crippen molar-refractivity contribution in [2.75, 3.05) is 0 Å². The van der Waals surface area contributed by atoms with Crippen LogP contribution in [-0.4, -0.2) is 24.5 Å². The van der Waals surface area contributed by atoms with Crippen molar-refractivity contribution in [2.24, 2.45) is 0 Å². The average Bonchev–Trinajstić information content (AvgIpc) is 3.34. The minimum Gasteiger partial charge on any atom is -0.309 e. The molecule has 5 nitrogen and oxygen atoms in total. The van der Waals surface area contributed by atoms with Crippen LogP contribution in [0.1, 0.15) is 28.1 Å². The Balaban J connectivity index is 1.07. The topological polar surface area (TPSA) is 56.5 Å². The van der Waals surface area contributed by atoms with Gasteiger partial charge in [-0.15, -0.1) is 0 Å². The predicted octanol–water partition coefficient (Wildman–Crippen LogP) is 7.52. The van der Waals surface area contributed by atoms with Gasteiger partial charge in [-0.2, -0.15) is 0 Å². The Kier molecular flexibility index (Phi) is 6.09. The van der Waals surface area contributed by atoms with Gasteiger partial charge in [0.2, 0.25) is 0 Å². The maximum atomic E-state index is 4.76. The van der Waals surface area contributed by atoms with E-state index < -0.39 is 0 Å². The summed E-state index contributed by atoms with van der Waals surface area (Å²) in [5.74, 6) is 0. The molecule has 7 aromatic rings. The Morgan fingerprint density at radius 3 is 1.50 bits per heavy atom. The zero-order valence-electron chi connectivity index (χ0n) is 22.2. The van der Waals surface area contributed by atoms with Gasteiger partial charge >= 0.3 is 0 Å². The monoisotopic (exact) mass is 517 g/mol. The second-order valence-corrected chi connectivity index (χ2v) is 10.2. The first kappa shape index (κ1) is 23.9. The van der Waals surface area contributed by atoms with Crippen LogP contribution in [0, 0.1) is 6.92 Å². The van der Waals surface area contributed by atoms with Crippen molar-refractivity contribution >= 4 is 21.8 Å². The van der Waals surface area contributed by atoms with E-state index in [4.69, 9.17) is 9.97 Å². The average molecular weight is 518 g/mol. The second-order valence-electron chi connectivity index (χ2n) is 10.2. The van der Waals surface area contributed by atoms with Gasteiger partial charge in [0.1, 0.15) is 0 Å². The zero-order valence-corrected chi connectivity index (χ0v) is 22.2. The number of nitrogens with zero attached hydrogens (tertiary/aromatic N) is 5. The van der Waals surface area contributed by atoms with Crippen LogP contribution in [0.3, 0.4) is 0 Å². The smallest absolute Gasteiger partial charge is 0.0572 e. The molecule has 0 atom stereocenters. The normalized spacial score (nSPS) is 11.3. The second kappa shape index (κ2) is 10.2. The highest BCUT2D eigenvalue weighted by atomic mass is 15.0. The summed E-state index contributed by atoms with van der Waals surface area (Å²) in [5.41, 5.74) is 11.4. The summed E-state index contributed by atoms with van der Waals surface area (Å²) in [6.45, 7) is 2.11. The Bertz CT molecular complexity index is 1870. The third kappa shape index (κ3) is 4.63. The summed E-state index contributed by atoms with van der Waals surface area (Å²) < 4.78 is 2.27. The molecule has 0 amide bonds. The SMILES string of the molecule is Cc1ccc(Cc2ccc(-c3ccc(Cc4ccc(-n5c6ccncc6c6cnccc65)cc4)nc3)cn2)cc1. The molecule has 0 unspecified atom stereocenters. The summed E-state index contributed by atoms with van der Waals surface area (Å²) in [4.78, 5) is 18.1. The molecule has 0 radical (unpaired) electrons. The van der Waals surface area contributed by atoms with Gasteiger partial charge in [-0.25, -0.2) is 0 Å². The number of fused-ring (bicyclic) bond motifs is 3. The van der Waals surface area contributed by atoms with Crippen molar-refractivity contribution < 1.29 is 0 Å². The third-order valence-corrected chi connectivity index (χ3v) is 7.44. The zero-order chi connectivity index (χ0) is 26.9.